The minimum absolute atomic E-state index is 0.0891. The van der Waals surface area contributed by atoms with Crippen LogP contribution in [-0.2, 0) is 14.3 Å². The van der Waals surface area contributed by atoms with Gasteiger partial charge in [0.1, 0.15) is 12.7 Å². The molecular formula is C22H12O4. The third kappa shape index (κ3) is 14.8. The third-order valence-corrected chi connectivity index (χ3v) is 2.04. The number of ether oxygens (including phenoxy) is 2. The molecule has 0 amide bonds. The lowest BCUT2D eigenvalue weighted by atomic mass is 10.4. The van der Waals surface area contributed by atoms with Gasteiger partial charge in [-0.2, -0.15) is 0 Å². The van der Waals surface area contributed by atoms with E-state index in [1.807, 2.05) is 0 Å². The second kappa shape index (κ2) is 17.2. The van der Waals surface area contributed by atoms with Crippen molar-refractivity contribution in [3.63, 3.8) is 0 Å². The summed E-state index contributed by atoms with van der Waals surface area (Å²) in [4.78, 5) is 11.2. The van der Waals surface area contributed by atoms with Crippen molar-refractivity contribution in [2.75, 3.05) is 20.3 Å². The molecule has 0 heterocycles. The molecule has 1 N–H and O–H groups in total. The molecule has 0 aromatic carbocycles. The molecule has 0 aliphatic rings. The van der Waals surface area contributed by atoms with Gasteiger partial charge in [-0.05, 0) is 89.8 Å². The molecule has 0 saturated heterocycles. The molecule has 0 saturated carbocycles. The van der Waals surface area contributed by atoms with E-state index in [-0.39, 0.29) is 13.2 Å². The minimum Gasteiger partial charge on any atom is -0.453 e. The molecule has 0 aromatic heterocycles. The Hall–Kier alpha value is -4.13. The number of aliphatic hydroxyl groups excluding tert-OH is 1. The Morgan fingerprint density at radius 1 is 0.808 bits per heavy atom. The van der Waals surface area contributed by atoms with Crippen LogP contribution >= 0.6 is 0 Å². The number of rotatable bonds is 4. The lowest BCUT2D eigenvalue weighted by molar-refractivity contribution is -0.141. The molecule has 124 valence electrons. The highest BCUT2D eigenvalue weighted by Crippen LogP contribution is 1.89. The predicted molar refractivity (Wildman–Crippen MR) is 96.7 cm³/mol. The Morgan fingerprint density at radius 2 is 1.23 bits per heavy atom. The number of hydrogen-bond acceptors (Lipinski definition) is 4. The first-order chi connectivity index (χ1) is 12.7. The molecular weight excluding hydrogens is 328 g/mol. The van der Waals surface area contributed by atoms with Crippen molar-refractivity contribution < 1.29 is 19.4 Å². The first-order valence-electron chi connectivity index (χ1n) is 6.97. The average molecular weight is 340 g/mol. The fraction of sp³-hybridized carbons (Fsp3) is 0.227. The molecule has 26 heavy (non-hydrogen) atoms. The normalized spacial score (nSPS) is 7.35. The standard InChI is InChI=1S/C22H12O4/c1-3-4-5-6-7-8-9-10-11-12-13-14-15-16-17-18-22(24)26-20-21(19-23)25-2/h21,23H,19-20H2,1-2H3. The van der Waals surface area contributed by atoms with Crippen LogP contribution < -0.4 is 0 Å². The van der Waals surface area contributed by atoms with Crippen LogP contribution in [0.5, 0.6) is 0 Å². The molecule has 0 aromatic rings. The van der Waals surface area contributed by atoms with Crippen LogP contribution in [-0.4, -0.2) is 37.5 Å². The maximum Gasteiger partial charge on any atom is 0.385 e. The van der Waals surface area contributed by atoms with Crippen LogP contribution in [0.1, 0.15) is 6.92 Å². The van der Waals surface area contributed by atoms with E-state index in [2.05, 4.69) is 94.7 Å². The summed E-state index contributed by atoms with van der Waals surface area (Å²) in [5.74, 6) is 38.2. The van der Waals surface area contributed by atoms with Crippen LogP contribution in [0.15, 0.2) is 0 Å². The van der Waals surface area contributed by atoms with Crippen LogP contribution in [0, 0.1) is 94.7 Å². The van der Waals surface area contributed by atoms with E-state index in [0.29, 0.717) is 0 Å². The lowest BCUT2D eigenvalue weighted by Crippen LogP contribution is -2.23. The van der Waals surface area contributed by atoms with E-state index < -0.39 is 12.1 Å². The average Bonchev–Trinajstić information content (AvgIpc) is 2.65. The highest BCUT2D eigenvalue weighted by molar-refractivity contribution is 5.89. The first-order valence-corrected chi connectivity index (χ1v) is 6.97. The van der Waals surface area contributed by atoms with Gasteiger partial charge in [0.15, 0.2) is 0 Å². The molecule has 1 unspecified atom stereocenters. The van der Waals surface area contributed by atoms with Crippen molar-refractivity contribution in [3.05, 3.63) is 0 Å². The summed E-state index contributed by atoms with van der Waals surface area (Å²) in [6.07, 6.45) is -0.575. The van der Waals surface area contributed by atoms with Crippen molar-refractivity contribution >= 4 is 5.97 Å². The second-order valence-corrected chi connectivity index (χ2v) is 3.76. The fourth-order valence-corrected chi connectivity index (χ4v) is 0.920. The SMILES string of the molecule is CC#CC#CC#CC#CC#CC#CC#CC#CC(=O)OCC(CO)OC. The molecule has 0 aliphatic carbocycles. The zero-order chi connectivity index (χ0) is 19.3. The molecule has 0 radical (unpaired) electrons. The summed E-state index contributed by atoms with van der Waals surface area (Å²) in [6.45, 7) is 1.34. The number of aliphatic hydroxyl groups is 1. The maximum absolute atomic E-state index is 11.2. The molecule has 0 aliphatic heterocycles. The van der Waals surface area contributed by atoms with E-state index in [1.54, 1.807) is 6.92 Å². The van der Waals surface area contributed by atoms with Crippen molar-refractivity contribution in [2.24, 2.45) is 0 Å². The summed E-state index contributed by atoms with van der Waals surface area (Å²) in [6, 6.07) is 0. The summed E-state index contributed by atoms with van der Waals surface area (Å²) >= 11 is 0. The fourth-order valence-electron chi connectivity index (χ4n) is 0.920. The molecule has 0 rings (SSSR count). The van der Waals surface area contributed by atoms with Crippen molar-refractivity contribution in [1.82, 2.24) is 0 Å². The molecule has 0 fully saturated rings. The van der Waals surface area contributed by atoms with E-state index in [0.717, 1.165) is 0 Å². The molecule has 1 atom stereocenters. The van der Waals surface area contributed by atoms with Crippen molar-refractivity contribution in [2.45, 2.75) is 13.0 Å². The summed E-state index contributed by atoms with van der Waals surface area (Å²) < 4.78 is 9.56. The van der Waals surface area contributed by atoms with Gasteiger partial charge in [0.25, 0.3) is 0 Å². The van der Waals surface area contributed by atoms with Gasteiger partial charge in [-0.3, -0.25) is 0 Å². The summed E-state index contributed by atoms with van der Waals surface area (Å²) in [5, 5.41) is 8.83. The molecule has 4 heteroatoms. The van der Waals surface area contributed by atoms with Gasteiger partial charge in [-0.15, -0.1) is 0 Å². The Morgan fingerprint density at radius 3 is 1.62 bits per heavy atom. The monoisotopic (exact) mass is 340 g/mol. The first kappa shape index (κ1) is 21.9. The quantitative estimate of drug-likeness (QED) is 0.429. The smallest absolute Gasteiger partial charge is 0.385 e. The van der Waals surface area contributed by atoms with Gasteiger partial charge in [0, 0.05) is 13.0 Å². The van der Waals surface area contributed by atoms with Gasteiger partial charge in [0.05, 0.1) is 6.61 Å². The lowest BCUT2D eigenvalue weighted by Gasteiger charge is -2.10. The Bertz CT molecular complexity index is 984. The number of esters is 1. The van der Waals surface area contributed by atoms with Crippen molar-refractivity contribution in [1.29, 1.82) is 0 Å². The van der Waals surface area contributed by atoms with E-state index in [4.69, 9.17) is 14.6 Å². The zero-order valence-corrected chi connectivity index (χ0v) is 14.2. The van der Waals surface area contributed by atoms with Gasteiger partial charge in [0.2, 0.25) is 0 Å². The number of methoxy groups -OCH3 is 1. The van der Waals surface area contributed by atoms with E-state index in [9.17, 15) is 4.79 Å². The van der Waals surface area contributed by atoms with Gasteiger partial charge < -0.3 is 14.6 Å². The number of carbonyl (C=O) groups excluding carboxylic acids is 1. The Kier molecular flexibility index (Phi) is 14.5. The van der Waals surface area contributed by atoms with Crippen molar-refractivity contribution in [3.8, 4) is 94.7 Å². The van der Waals surface area contributed by atoms with Gasteiger partial charge in [-0.25, -0.2) is 4.79 Å². The zero-order valence-electron chi connectivity index (χ0n) is 14.2. The summed E-state index contributed by atoms with van der Waals surface area (Å²) in [7, 11) is 1.39. The van der Waals surface area contributed by atoms with Crippen LogP contribution in [0.4, 0.5) is 0 Å². The van der Waals surface area contributed by atoms with Gasteiger partial charge >= 0.3 is 5.97 Å². The minimum atomic E-state index is -0.773. The number of carbonyl (C=O) groups is 1. The Labute approximate surface area is 154 Å². The van der Waals surface area contributed by atoms with Gasteiger partial charge in [-0.1, -0.05) is 5.92 Å². The highest BCUT2D eigenvalue weighted by Gasteiger charge is 2.07. The summed E-state index contributed by atoms with van der Waals surface area (Å²) in [5.41, 5.74) is 0. The molecule has 0 spiro atoms. The predicted octanol–water partition coefficient (Wildman–Crippen LogP) is -0.416. The van der Waals surface area contributed by atoms with Crippen LogP contribution in [0.3, 0.4) is 0 Å². The van der Waals surface area contributed by atoms with Crippen LogP contribution in [0.25, 0.3) is 0 Å². The third-order valence-electron chi connectivity index (χ3n) is 2.04. The van der Waals surface area contributed by atoms with E-state index >= 15 is 0 Å². The van der Waals surface area contributed by atoms with E-state index in [1.165, 1.54) is 7.11 Å². The Balaban J connectivity index is 4.33. The second-order valence-electron chi connectivity index (χ2n) is 3.76. The van der Waals surface area contributed by atoms with Crippen LogP contribution in [0.2, 0.25) is 0 Å². The largest absolute Gasteiger partial charge is 0.453 e. The number of hydrogen-bond donors (Lipinski definition) is 1. The topological polar surface area (TPSA) is 55.8 Å². The highest BCUT2D eigenvalue weighted by atomic mass is 16.6. The molecule has 0 bridgehead atoms. The maximum atomic E-state index is 11.2. The molecule has 4 nitrogen and oxygen atoms in total.